The maximum Gasteiger partial charge on any atom is 0.357 e. The maximum atomic E-state index is 13.7. The van der Waals surface area contributed by atoms with Crippen molar-refractivity contribution in [2.45, 2.75) is 70.6 Å². The van der Waals surface area contributed by atoms with Crippen LogP contribution in [-0.2, 0) is 32.4 Å². The Labute approximate surface area is 325 Å². The number of nitrogens with zero attached hydrogens (tertiary/aromatic N) is 2. The molecule has 0 spiro atoms. The number of halogens is 2. The summed E-state index contributed by atoms with van der Waals surface area (Å²) >= 11 is 12.9. The molecule has 2 amide bonds. The number of aromatic nitrogens is 2. The first-order chi connectivity index (χ1) is 26.0. The SMILES string of the molecule is CCCCC(=O)Nc1ccc(Cl)c(-n2nc(CCCC)c(Cc3ccc(-c4ccccc4S(=O)(=O)NC(=O)c4ccccc4Cl)cc3)c2C(=O)OCC)c1. The highest BCUT2D eigenvalue weighted by Gasteiger charge is 2.28. The van der Waals surface area contributed by atoms with Gasteiger partial charge in [0.2, 0.25) is 5.91 Å². The number of ether oxygens (including phenoxy) is 1. The van der Waals surface area contributed by atoms with Gasteiger partial charge in [-0.25, -0.2) is 22.6 Å². The van der Waals surface area contributed by atoms with Crippen molar-refractivity contribution in [2.75, 3.05) is 11.9 Å². The van der Waals surface area contributed by atoms with E-state index in [4.69, 9.17) is 33.0 Å². The van der Waals surface area contributed by atoms with Crippen molar-refractivity contribution in [3.05, 3.63) is 129 Å². The predicted molar refractivity (Wildman–Crippen MR) is 212 cm³/mol. The molecule has 4 aromatic carbocycles. The largest absolute Gasteiger partial charge is 0.461 e. The smallest absolute Gasteiger partial charge is 0.357 e. The van der Waals surface area contributed by atoms with E-state index in [0.29, 0.717) is 58.0 Å². The van der Waals surface area contributed by atoms with Crippen LogP contribution >= 0.6 is 23.2 Å². The third kappa shape index (κ3) is 9.57. The summed E-state index contributed by atoms with van der Waals surface area (Å²) in [4.78, 5) is 39.1. The van der Waals surface area contributed by atoms with E-state index in [1.54, 1.807) is 67.6 Å². The Balaban J connectivity index is 1.50. The van der Waals surface area contributed by atoms with Crippen molar-refractivity contribution in [3.8, 4) is 16.8 Å². The fraction of sp³-hybridized carbons (Fsp3) is 0.268. The second kappa shape index (κ2) is 18.4. The third-order valence-electron chi connectivity index (χ3n) is 8.69. The number of hydrogen-bond acceptors (Lipinski definition) is 7. The highest BCUT2D eigenvalue weighted by Crippen LogP contribution is 2.32. The molecule has 0 aliphatic carbocycles. The van der Waals surface area contributed by atoms with Crippen LogP contribution in [0.5, 0.6) is 0 Å². The molecule has 54 heavy (non-hydrogen) atoms. The zero-order valence-corrected chi connectivity index (χ0v) is 32.7. The molecule has 5 rings (SSSR count). The minimum Gasteiger partial charge on any atom is -0.461 e. The molecule has 1 aromatic heterocycles. The lowest BCUT2D eigenvalue weighted by molar-refractivity contribution is -0.116. The molecule has 0 aliphatic heterocycles. The molecule has 1 heterocycles. The molecule has 0 aliphatic rings. The summed E-state index contributed by atoms with van der Waals surface area (Å²) in [6.45, 7) is 5.97. The number of esters is 1. The lowest BCUT2D eigenvalue weighted by Crippen LogP contribution is -2.31. The van der Waals surface area contributed by atoms with Gasteiger partial charge in [-0.1, -0.05) is 104 Å². The van der Waals surface area contributed by atoms with Gasteiger partial charge in [0.05, 0.1) is 38.5 Å². The van der Waals surface area contributed by atoms with Gasteiger partial charge in [0.15, 0.2) is 5.69 Å². The van der Waals surface area contributed by atoms with E-state index in [1.165, 1.54) is 22.9 Å². The minimum atomic E-state index is -4.29. The molecule has 0 radical (unpaired) electrons. The summed E-state index contributed by atoms with van der Waals surface area (Å²) in [7, 11) is -4.29. The monoisotopic (exact) mass is 788 g/mol. The first-order valence-corrected chi connectivity index (χ1v) is 20.1. The van der Waals surface area contributed by atoms with E-state index in [2.05, 4.69) is 17.0 Å². The van der Waals surface area contributed by atoms with Gasteiger partial charge in [0, 0.05) is 29.7 Å². The Kier molecular flexibility index (Phi) is 13.7. The van der Waals surface area contributed by atoms with Crippen LogP contribution < -0.4 is 10.0 Å². The molecular formula is C41H42Cl2N4O6S. The van der Waals surface area contributed by atoms with Crippen molar-refractivity contribution < 1.29 is 27.5 Å². The van der Waals surface area contributed by atoms with Crippen molar-refractivity contribution in [3.63, 3.8) is 0 Å². The number of sulfonamides is 1. The van der Waals surface area contributed by atoms with Crippen LogP contribution in [0.4, 0.5) is 5.69 Å². The fourth-order valence-electron chi connectivity index (χ4n) is 5.95. The van der Waals surface area contributed by atoms with E-state index in [1.807, 2.05) is 19.1 Å². The van der Waals surface area contributed by atoms with Gasteiger partial charge in [-0.15, -0.1) is 0 Å². The van der Waals surface area contributed by atoms with Crippen LogP contribution in [0.2, 0.25) is 10.0 Å². The van der Waals surface area contributed by atoms with Gasteiger partial charge in [0.1, 0.15) is 0 Å². The van der Waals surface area contributed by atoms with Crippen molar-refractivity contribution in [2.24, 2.45) is 0 Å². The zero-order chi connectivity index (χ0) is 38.8. The molecular weight excluding hydrogens is 747 g/mol. The number of nitrogens with one attached hydrogen (secondary N) is 2. The molecule has 0 bridgehead atoms. The quantitative estimate of drug-likeness (QED) is 0.0952. The molecule has 0 saturated heterocycles. The van der Waals surface area contributed by atoms with Crippen molar-refractivity contribution in [1.82, 2.24) is 14.5 Å². The van der Waals surface area contributed by atoms with Gasteiger partial charge in [0.25, 0.3) is 15.9 Å². The van der Waals surface area contributed by atoms with Crippen LogP contribution in [0.3, 0.4) is 0 Å². The highest BCUT2D eigenvalue weighted by molar-refractivity contribution is 7.90. The molecule has 0 unspecified atom stereocenters. The van der Waals surface area contributed by atoms with Crippen LogP contribution in [-0.4, -0.2) is 42.6 Å². The molecule has 2 N–H and O–H groups in total. The first-order valence-electron chi connectivity index (χ1n) is 17.8. The van der Waals surface area contributed by atoms with E-state index in [9.17, 15) is 22.8 Å². The first kappa shape index (κ1) is 40.2. The Bertz CT molecular complexity index is 2250. The molecule has 0 saturated carbocycles. The second-order valence-electron chi connectivity index (χ2n) is 12.6. The average molecular weight is 790 g/mol. The molecule has 10 nitrogen and oxygen atoms in total. The summed E-state index contributed by atoms with van der Waals surface area (Å²) in [5, 5.41) is 8.30. The summed E-state index contributed by atoms with van der Waals surface area (Å²) in [6, 6.07) is 25.0. The lowest BCUT2D eigenvalue weighted by Gasteiger charge is -2.14. The summed E-state index contributed by atoms with van der Waals surface area (Å²) < 4.78 is 36.2. The highest BCUT2D eigenvalue weighted by atomic mass is 35.5. The van der Waals surface area contributed by atoms with Gasteiger partial charge >= 0.3 is 5.97 Å². The number of carbonyl (C=O) groups excluding carboxylic acids is 3. The van der Waals surface area contributed by atoms with E-state index in [0.717, 1.165) is 31.2 Å². The molecule has 0 fully saturated rings. The Morgan fingerprint density at radius 3 is 2.24 bits per heavy atom. The molecule has 5 aromatic rings. The van der Waals surface area contributed by atoms with Gasteiger partial charge in [-0.05, 0) is 73.7 Å². The number of anilines is 1. The minimum absolute atomic E-state index is 0.0394. The normalized spacial score (nSPS) is 11.3. The zero-order valence-electron chi connectivity index (χ0n) is 30.3. The summed E-state index contributed by atoms with van der Waals surface area (Å²) in [5.74, 6) is -1.52. The van der Waals surface area contributed by atoms with Gasteiger partial charge in [-0.3, -0.25) is 9.59 Å². The van der Waals surface area contributed by atoms with E-state index in [-0.39, 0.29) is 33.7 Å². The van der Waals surface area contributed by atoms with Crippen LogP contribution in [0.25, 0.3) is 16.8 Å². The van der Waals surface area contributed by atoms with Crippen molar-refractivity contribution >= 4 is 56.7 Å². The third-order valence-corrected chi connectivity index (χ3v) is 10.7. The van der Waals surface area contributed by atoms with E-state index < -0.39 is 21.9 Å². The number of unbranched alkanes of at least 4 members (excludes halogenated alkanes) is 2. The van der Waals surface area contributed by atoms with Gasteiger partial charge in [-0.2, -0.15) is 5.10 Å². The Morgan fingerprint density at radius 1 is 0.833 bits per heavy atom. The summed E-state index contributed by atoms with van der Waals surface area (Å²) in [5.41, 5.74) is 4.43. The van der Waals surface area contributed by atoms with Crippen molar-refractivity contribution in [1.29, 1.82) is 0 Å². The molecule has 282 valence electrons. The number of rotatable bonds is 16. The van der Waals surface area contributed by atoms with Crippen LogP contribution in [0, 0.1) is 0 Å². The molecule has 13 heteroatoms. The van der Waals surface area contributed by atoms with Crippen LogP contribution in [0.15, 0.2) is 95.9 Å². The standard InChI is InChI=1S/C41H42Cl2N4O6S/c1-4-7-16-35-32(39(41(50)53-6-3)47(45-35)36-26-29(23-24-34(36)43)44-38(48)18-8-5-2)25-27-19-21-28(22-20-27)30-13-10-12-17-37(30)54(51,52)46-40(49)31-14-9-11-15-33(31)42/h9-15,17,19-24,26H,4-8,16,18,25H2,1-3H3,(H,44,48)(H,46,49). The fourth-order valence-corrected chi connectivity index (χ4v) is 7.56. The van der Waals surface area contributed by atoms with Crippen LogP contribution in [0.1, 0.15) is 90.5 Å². The number of hydrogen-bond donors (Lipinski definition) is 2. The lowest BCUT2D eigenvalue weighted by atomic mass is 9.97. The average Bonchev–Trinajstić information content (AvgIpc) is 3.51. The number of aryl methyl sites for hydroxylation is 1. The number of benzene rings is 4. The van der Waals surface area contributed by atoms with Gasteiger partial charge < -0.3 is 10.1 Å². The maximum absolute atomic E-state index is 13.7. The summed E-state index contributed by atoms with van der Waals surface area (Å²) in [6.07, 6.45) is 4.67. The number of carbonyl (C=O) groups is 3. The molecule has 0 atom stereocenters. The second-order valence-corrected chi connectivity index (χ2v) is 15.1. The predicted octanol–water partition coefficient (Wildman–Crippen LogP) is 9.20. The Hall–Kier alpha value is -4.97. The topological polar surface area (TPSA) is 136 Å². The number of amides is 2. The Morgan fingerprint density at radius 2 is 1.54 bits per heavy atom. The van der Waals surface area contributed by atoms with E-state index >= 15 is 0 Å².